The van der Waals surface area contributed by atoms with E-state index in [9.17, 15) is 35.7 Å². The fraction of sp³-hybridized carbons (Fsp3) is 1.00. The lowest BCUT2D eigenvalue weighted by Gasteiger charge is -2.47. The molecule has 3 saturated heterocycles. The zero-order chi connectivity index (χ0) is 31.0. The topological polar surface area (TPSA) is 353 Å². The predicted octanol–water partition coefficient (Wildman–Crippen LogP) is -8.90. The van der Waals surface area contributed by atoms with Crippen LogP contribution in [0.25, 0.3) is 0 Å². The summed E-state index contributed by atoms with van der Waals surface area (Å²) in [5, 5.41) is 73.0. The van der Waals surface area contributed by atoms with Crippen molar-refractivity contribution in [3.63, 3.8) is 0 Å². The average molecular weight is 615 g/mol. The van der Waals surface area contributed by atoms with Crippen LogP contribution in [-0.2, 0) is 28.4 Å². The van der Waals surface area contributed by atoms with Gasteiger partial charge in [-0.1, -0.05) is 0 Å². The molecule has 246 valence electrons. The Balaban J connectivity index is 1.50. The molecule has 19 atom stereocenters. The first-order valence-corrected chi connectivity index (χ1v) is 13.9. The smallest absolute Gasteiger partial charge is 0.187 e. The summed E-state index contributed by atoms with van der Waals surface area (Å²) < 4.78 is 34.6. The third kappa shape index (κ3) is 6.60. The Morgan fingerprint density at radius 1 is 0.524 bits per heavy atom. The van der Waals surface area contributed by atoms with Gasteiger partial charge in [-0.05, 0) is 6.42 Å². The van der Waals surface area contributed by atoms with Crippen molar-refractivity contribution in [3.05, 3.63) is 0 Å². The van der Waals surface area contributed by atoms with Crippen LogP contribution >= 0.6 is 0 Å². The van der Waals surface area contributed by atoms with E-state index in [-0.39, 0.29) is 19.5 Å². The molecule has 4 rings (SSSR count). The Morgan fingerprint density at radius 3 is 1.45 bits per heavy atom. The minimum atomic E-state index is -1.60. The average Bonchev–Trinajstić information content (AvgIpc) is 3.27. The number of ether oxygens (including phenoxy) is 6. The Hall–Kier alpha value is -0.760. The lowest BCUT2D eigenvalue weighted by atomic mass is 9.84. The normalized spacial score (nSPS) is 53.8. The molecule has 0 aromatic rings. The van der Waals surface area contributed by atoms with Gasteiger partial charge in [0.1, 0.15) is 67.1 Å². The van der Waals surface area contributed by atoms with Crippen LogP contribution in [0.4, 0.5) is 0 Å². The van der Waals surface area contributed by atoms with Gasteiger partial charge in [-0.25, -0.2) is 0 Å². The Bertz CT molecular complexity index is 868. The number of hydrogen-bond donors (Lipinski definition) is 13. The summed E-state index contributed by atoms with van der Waals surface area (Å²) in [5.74, 6) is 0. The Labute approximate surface area is 241 Å². The lowest BCUT2D eigenvalue weighted by molar-refractivity contribution is -0.306. The summed E-state index contributed by atoms with van der Waals surface area (Å²) >= 11 is 0. The van der Waals surface area contributed by atoms with Crippen LogP contribution < -0.4 is 34.4 Å². The van der Waals surface area contributed by atoms with E-state index in [1.165, 1.54) is 0 Å². The standard InChI is InChI=1S/C23H46N6O13/c24-2-7-13(32)15(34)10(28)21(37-7)40-18-6(27)1-5(26)12(31)20(18)42-23-17(36)19(9(4-30)39-23)41-22-11(29)16(35)14(33)8(3-25)38-22/h5-23,30-36H,1-4,24-29H2/t5-,6+,7+,8-,9-,10-,11-,12+,13-,14-,15-,16-,17-,18-,19-,20-,21-,22-,23+/m1/s1. The minimum absolute atomic E-state index is 0.0889. The highest BCUT2D eigenvalue weighted by Gasteiger charge is 2.54. The first kappa shape index (κ1) is 34.1. The van der Waals surface area contributed by atoms with Crippen molar-refractivity contribution >= 4 is 0 Å². The molecule has 3 heterocycles. The first-order chi connectivity index (χ1) is 19.8. The van der Waals surface area contributed by atoms with Crippen molar-refractivity contribution in [3.8, 4) is 0 Å². The van der Waals surface area contributed by atoms with E-state index in [0.29, 0.717) is 0 Å². The zero-order valence-corrected chi connectivity index (χ0v) is 22.8. The minimum Gasteiger partial charge on any atom is -0.394 e. The number of aliphatic hydroxyl groups is 7. The van der Waals surface area contributed by atoms with Crippen LogP contribution in [0.3, 0.4) is 0 Å². The molecule has 0 radical (unpaired) electrons. The fourth-order valence-corrected chi connectivity index (χ4v) is 5.74. The van der Waals surface area contributed by atoms with E-state index in [2.05, 4.69) is 0 Å². The second kappa shape index (κ2) is 14.1. The molecular formula is C23H46N6O13. The van der Waals surface area contributed by atoms with Gasteiger partial charge in [-0.3, -0.25) is 0 Å². The monoisotopic (exact) mass is 614 g/mol. The molecule has 0 amide bonds. The van der Waals surface area contributed by atoms with Gasteiger partial charge < -0.3 is 98.6 Å². The Kier molecular flexibility index (Phi) is 11.5. The largest absolute Gasteiger partial charge is 0.394 e. The van der Waals surface area contributed by atoms with Crippen molar-refractivity contribution < 1.29 is 64.2 Å². The van der Waals surface area contributed by atoms with Gasteiger partial charge in [-0.2, -0.15) is 0 Å². The maximum absolute atomic E-state index is 11.1. The highest BCUT2D eigenvalue weighted by molar-refractivity contribution is 5.02. The molecule has 0 aromatic carbocycles. The number of nitrogens with two attached hydrogens (primary N) is 6. The molecule has 1 saturated carbocycles. The molecule has 19 heteroatoms. The van der Waals surface area contributed by atoms with Gasteiger partial charge in [-0.15, -0.1) is 0 Å². The van der Waals surface area contributed by atoms with Crippen LogP contribution in [-0.4, -0.2) is 172 Å². The molecule has 4 aliphatic rings. The van der Waals surface area contributed by atoms with Gasteiger partial charge in [0.15, 0.2) is 18.9 Å². The van der Waals surface area contributed by atoms with E-state index < -0.39 is 123 Å². The first-order valence-electron chi connectivity index (χ1n) is 13.9. The van der Waals surface area contributed by atoms with Crippen LogP contribution in [0.1, 0.15) is 6.42 Å². The summed E-state index contributed by atoms with van der Waals surface area (Å²) in [6.07, 6.45) is -19.8. The molecule has 0 aromatic heterocycles. The van der Waals surface area contributed by atoms with Gasteiger partial charge in [0.05, 0.1) is 24.8 Å². The molecule has 1 aliphatic carbocycles. The SMILES string of the molecule is NC[C@@H]1O[C@H](O[C@H]2[C@H](O[C@@H]3O[C@H](CO)[C@@H](O[C@H]4O[C@H](CN)[C@@H](O)[C@H](O)[C@H]4N)[C@H]3O)[C@@H](O)[C@H](N)C[C@@H]2N)[C@H](N)[C@@H](O)[C@@H]1O. The molecule has 42 heavy (non-hydrogen) atoms. The summed E-state index contributed by atoms with van der Waals surface area (Å²) in [6.45, 7) is -0.967. The lowest BCUT2D eigenvalue weighted by Crippen LogP contribution is -2.68. The summed E-state index contributed by atoms with van der Waals surface area (Å²) in [5.41, 5.74) is 35.6. The fourth-order valence-electron chi connectivity index (χ4n) is 5.74. The maximum Gasteiger partial charge on any atom is 0.187 e. The highest BCUT2D eigenvalue weighted by atomic mass is 16.8. The van der Waals surface area contributed by atoms with Crippen LogP contribution in [0, 0.1) is 0 Å². The second-order valence-electron chi connectivity index (χ2n) is 11.2. The van der Waals surface area contributed by atoms with Crippen LogP contribution in [0.2, 0.25) is 0 Å². The van der Waals surface area contributed by atoms with Crippen LogP contribution in [0.5, 0.6) is 0 Å². The van der Waals surface area contributed by atoms with E-state index in [4.69, 9.17) is 62.8 Å². The molecule has 19 nitrogen and oxygen atoms in total. The summed E-state index contributed by atoms with van der Waals surface area (Å²) in [4.78, 5) is 0. The second-order valence-corrected chi connectivity index (χ2v) is 11.2. The molecule has 4 fully saturated rings. The zero-order valence-electron chi connectivity index (χ0n) is 22.8. The van der Waals surface area contributed by atoms with Crippen molar-refractivity contribution in [1.82, 2.24) is 0 Å². The number of hydrogen-bond acceptors (Lipinski definition) is 19. The van der Waals surface area contributed by atoms with Gasteiger partial charge in [0.25, 0.3) is 0 Å². The maximum atomic E-state index is 11.1. The number of rotatable bonds is 9. The summed E-state index contributed by atoms with van der Waals surface area (Å²) in [7, 11) is 0. The molecular weight excluding hydrogens is 568 g/mol. The Morgan fingerprint density at radius 2 is 0.976 bits per heavy atom. The third-order valence-electron chi connectivity index (χ3n) is 8.37. The van der Waals surface area contributed by atoms with E-state index >= 15 is 0 Å². The third-order valence-corrected chi connectivity index (χ3v) is 8.37. The van der Waals surface area contributed by atoms with Gasteiger partial charge in [0.2, 0.25) is 0 Å². The van der Waals surface area contributed by atoms with Gasteiger partial charge >= 0.3 is 0 Å². The van der Waals surface area contributed by atoms with E-state index in [0.717, 1.165) is 0 Å². The van der Waals surface area contributed by atoms with E-state index in [1.54, 1.807) is 0 Å². The van der Waals surface area contributed by atoms with Crippen molar-refractivity contribution in [1.29, 1.82) is 0 Å². The van der Waals surface area contributed by atoms with Crippen molar-refractivity contribution in [2.45, 2.75) is 123 Å². The molecule has 0 bridgehead atoms. The molecule has 0 spiro atoms. The molecule has 0 unspecified atom stereocenters. The van der Waals surface area contributed by atoms with E-state index in [1.807, 2.05) is 0 Å². The number of aliphatic hydroxyl groups excluding tert-OH is 7. The predicted molar refractivity (Wildman–Crippen MR) is 138 cm³/mol. The molecule has 3 aliphatic heterocycles. The van der Waals surface area contributed by atoms with Gasteiger partial charge in [0, 0.05) is 25.2 Å². The highest BCUT2D eigenvalue weighted by Crippen LogP contribution is 2.34. The quantitative estimate of drug-likeness (QED) is 0.115. The van der Waals surface area contributed by atoms with Crippen molar-refractivity contribution in [2.24, 2.45) is 34.4 Å². The van der Waals surface area contributed by atoms with Crippen LogP contribution in [0.15, 0.2) is 0 Å². The molecule has 19 N–H and O–H groups in total. The van der Waals surface area contributed by atoms with Crippen molar-refractivity contribution in [2.75, 3.05) is 19.7 Å². The summed E-state index contributed by atoms with van der Waals surface area (Å²) in [6, 6.07) is -4.18.